The number of hydrogen-bond acceptors (Lipinski definition) is 2. The van der Waals surface area contributed by atoms with Gasteiger partial charge in [0.15, 0.2) is 0 Å². The molecule has 0 fully saturated rings. The van der Waals surface area contributed by atoms with Gasteiger partial charge < -0.3 is 9.47 Å². The molecule has 2 nitrogen and oxygen atoms in total. The second-order valence-electron chi connectivity index (χ2n) is 3.53. The third-order valence-electron chi connectivity index (χ3n) is 2.64. The molecule has 0 amide bonds. The number of benzene rings is 1. The van der Waals surface area contributed by atoms with E-state index in [1.807, 2.05) is 12.1 Å². The van der Waals surface area contributed by atoms with Gasteiger partial charge in [-0.2, -0.15) is 0 Å². The van der Waals surface area contributed by atoms with Crippen molar-refractivity contribution in [1.82, 2.24) is 0 Å². The van der Waals surface area contributed by atoms with Crippen molar-refractivity contribution in [2.45, 2.75) is 33.1 Å². The SMILES string of the molecule is CCCc1c(OC)ccc(OC)c1CC. The lowest BCUT2D eigenvalue weighted by molar-refractivity contribution is 0.394. The van der Waals surface area contributed by atoms with Crippen LogP contribution in [0.2, 0.25) is 0 Å². The monoisotopic (exact) mass is 208 g/mol. The van der Waals surface area contributed by atoms with Gasteiger partial charge in [-0.3, -0.25) is 0 Å². The summed E-state index contributed by atoms with van der Waals surface area (Å²) in [4.78, 5) is 0. The van der Waals surface area contributed by atoms with E-state index in [1.54, 1.807) is 14.2 Å². The minimum atomic E-state index is 0.974. The number of methoxy groups -OCH3 is 2. The van der Waals surface area contributed by atoms with Crippen LogP contribution in [0.1, 0.15) is 31.4 Å². The maximum atomic E-state index is 5.38. The van der Waals surface area contributed by atoms with E-state index in [2.05, 4.69) is 13.8 Å². The van der Waals surface area contributed by atoms with Crippen LogP contribution in [0.15, 0.2) is 12.1 Å². The molecule has 0 radical (unpaired) electrons. The van der Waals surface area contributed by atoms with Gasteiger partial charge in [-0.1, -0.05) is 20.3 Å². The van der Waals surface area contributed by atoms with Gasteiger partial charge in [-0.15, -0.1) is 0 Å². The van der Waals surface area contributed by atoms with Crippen LogP contribution in [0.3, 0.4) is 0 Å². The summed E-state index contributed by atoms with van der Waals surface area (Å²) in [6, 6.07) is 3.97. The maximum Gasteiger partial charge on any atom is 0.122 e. The summed E-state index contributed by atoms with van der Waals surface area (Å²) in [6.45, 7) is 4.33. The average molecular weight is 208 g/mol. The van der Waals surface area contributed by atoms with E-state index in [0.717, 1.165) is 30.8 Å². The fraction of sp³-hybridized carbons (Fsp3) is 0.538. The number of hydrogen-bond donors (Lipinski definition) is 0. The second-order valence-corrected chi connectivity index (χ2v) is 3.53. The van der Waals surface area contributed by atoms with Crippen LogP contribution >= 0.6 is 0 Å². The molecule has 2 heteroatoms. The summed E-state index contributed by atoms with van der Waals surface area (Å²) in [5.74, 6) is 1.95. The predicted molar refractivity (Wildman–Crippen MR) is 62.9 cm³/mol. The highest BCUT2D eigenvalue weighted by molar-refractivity contribution is 5.48. The Hall–Kier alpha value is -1.18. The summed E-state index contributed by atoms with van der Waals surface area (Å²) in [7, 11) is 3.44. The lowest BCUT2D eigenvalue weighted by Gasteiger charge is -2.15. The summed E-state index contributed by atoms with van der Waals surface area (Å²) in [5.41, 5.74) is 2.57. The third-order valence-corrected chi connectivity index (χ3v) is 2.64. The molecule has 0 spiro atoms. The van der Waals surface area contributed by atoms with Gasteiger partial charge in [-0.05, 0) is 25.0 Å². The zero-order valence-corrected chi connectivity index (χ0v) is 10.1. The molecule has 0 heterocycles. The van der Waals surface area contributed by atoms with Gasteiger partial charge in [0.05, 0.1) is 14.2 Å². The Kier molecular flexibility index (Phi) is 4.47. The van der Waals surface area contributed by atoms with Crippen molar-refractivity contribution in [2.24, 2.45) is 0 Å². The first-order chi connectivity index (χ1) is 7.28. The van der Waals surface area contributed by atoms with E-state index < -0.39 is 0 Å². The number of rotatable bonds is 5. The molecule has 1 aromatic rings. The summed E-state index contributed by atoms with van der Waals surface area (Å²) < 4.78 is 10.8. The molecule has 0 aromatic heterocycles. The summed E-state index contributed by atoms with van der Waals surface area (Å²) in [6.07, 6.45) is 3.15. The van der Waals surface area contributed by atoms with E-state index in [4.69, 9.17) is 9.47 Å². The molecular formula is C13H20O2. The van der Waals surface area contributed by atoms with Gasteiger partial charge in [0, 0.05) is 11.1 Å². The summed E-state index contributed by atoms with van der Waals surface area (Å²) in [5, 5.41) is 0. The van der Waals surface area contributed by atoms with Gasteiger partial charge >= 0.3 is 0 Å². The normalized spacial score (nSPS) is 10.1. The van der Waals surface area contributed by atoms with Crippen LogP contribution in [0.4, 0.5) is 0 Å². The predicted octanol–water partition coefficient (Wildman–Crippen LogP) is 3.22. The van der Waals surface area contributed by atoms with E-state index in [1.165, 1.54) is 11.1 Å². The van der Waals surface area contributed by atoms with Crippen molar-refractivity contribution >= 4 is 0 Å². The lowest BCUT2D eigenvalue weighted by Crippen LogP contribution is -2.00. The molecule has 1 aromatic carbocycles. The van der Waals surface area contributed by atoms with Gasteiger partial charge in [0.25, 0.3) is 0 Å². The summed E-state index contributed by atoms with van der Waals surface area (Å²) >= 11 is 0. The van der Waals surface area contributed by atoms with E-state index >= 15 is 0 Å². The Morgan fingerprint density at radius 3 is 1.87 bits per heavy atom. The van der Waals surface area contributed by atoms with Crippen LogP contribution in [-0.2, 0) is 12.8 Å². The average Bonchev–Trinajstić information content (AvgIpc) is 2.28. The van der Waals surface area contributed by atoms with Crippen molar-refractivity contribution in [1.29, 1.82) is 0 Å². The smallest absolute Gasteiger partial charge is 0.122 e. The quantitative estimate of drug-likeness (QED) is 0.739. The van der Waals surface area contributed by atoms with Crippen molar-refractivity contribution < 1.29 is 9.47 Å². The molecule has 0 saturated carbocycles. The van der Waals surface area contributed by atoms with Gasteiger partial charge in [-0.25, -0.2) is 0 Å². The largest absolute Gasteiger partial charge is 0.496 e. The Morgan fingerprint density at radius 1 is 0.933 bits per heavy atom. The van der Waals surface area contributed by atoms with Crippen LogP contribution < -0.4 is 9.47 Å². The van der Waals surface area contributed by atoms with Gasteiger partial charge in [0.1, 0.15) is 11.5 Å². The van der Waals surface area contributed by atoms with Gasteiger partial charge in [0.2, 0.25) is 0 Å². The fourth-order valence-electron chi connectivity index (χ4n) is 1.94. The van der Waals surface area contributed by atoms with Crippen molar-refractivity contribution in [3.05, 3.63) is 23.3 Å². The Balaban J connectivity index is 3.24. The first-order valence-corrected chi connectivity index (χ1v) is 5.51. The molecule has 84 valence electrons. The van der Waals surface area contributed by atoms with Crippen molar-refractivity contribution in [3.63, 3.8) is 0 Å². The molecule has 1 rings (SSSR count). The molecule has 15 heavy (non-hydrogen) atoms. The maximum absolute atomic E-state index is 5.38. The Bertz CT molecular complexity index is 319. The molecule has 0 aliphatic carbocycles. The Labute approximate surface area is 92.2 Å². The van der Waals surface area contributed by atoms with Crippen LogP contribution in [0.25, 0.3) is 0 Å². The highest BCUT2D eigenvalue weighted by Gasteiger charge is 2.12. The molecule has 0 aliphatic heterocycles. The Morgan fingerprint density at radius 2 is 1.47 bits per heavy atom. The molecule has 0 aliphatic rings. The zero-order valence-electron chi connectivity index (χ0n) is 10.1. The molecule has 0 atom stereocenters. The van der Waals surface area contributed by atoms with E-state index in [-0.39, 0.29) is 0 Å². The van der Waals surface area contributed by atoms with E-state index in [0.29, 0.717) is 0 Å². The second kappa shape index (κ2) is 5.64. The minimum absolute atomic E-state index is 0.974. The topological polar surface area (TPSA) is 18.5 Å². The van der Waals surface area contributed by atoms with Crippen LogP contribution in [0.5, 0.6) is 11.5 Å². The van der Waals surface area contributed by atoms with Crippen LogP contribution in [0, 0.1) is 0 Å². The van der Waals surface area contributed by atoms with E-state index in [9.17, 15) is 0 Å². The van der Waals surface area contributed by atoms with Crippen molar-refractivity contribution in [2.75, 3.05) is 14.2 Å². The molecule has 0 bridgehead atoms. The molecule has 0 saturated heterocycles. The molecule has 0 unspecified atom stereocenters. The highest BCUT2D eigenvalue weighted by atomic mass is 16.5. The fourth-order valence-corrected chi connectivity index (χ4v) is 1.94. The standard InChI is InChI=1S/C13H20O2/c1-5-7-11-10(6-2)12(14-3)8-9-13(11)15-4/h8-9H,5-7H2,1-4H3. The zero-order chi connectivity index (χ0) is 11.3. The first-order valence-electron chi connectivity index (χ1n) is 5.51. The molecular weight excluding hydrogens is 188 g/mol. The lowest BCUT2D eigenvalue weighted by atomic mass is 9.99. The number of ether oxygens (including phenoxy) is 2. The first kappa shape index (κ1) is 11.9. The highest BCUT2D eigenvalue weighted by Crippen LogP contribution is 2.31. The minimum Gasteiger partial charge on any atom is -0.496 e. The third kappa shape index (κ3) is 2.44. The molecule has 0 N–H and O–H groups in total. The van der Waals surface area contributed by atoms with Crippen LogP contribution in [-0.4, -0.2) is 14.2 Å². The van der Waals surface area contributed by atoms with Crippen molar-refractivity contribution in [3.8, 4) is 11.5 Å².